The van der Waals surface area contributed by atoms with Crippen LogP contribution >= 0.6 is 0 Å². The van der Waals surface area contributed by atoms with Crippen molar-refractivity contribution in [3.05, 3.63) is 0 Å². The van der Waals surface area contributed by atoms with Gasteiger partial charge in [-0.3, -0.25) is 4.79 Å². The maximum atomic E-state index is 11.4. The van der Waals surface area contributed by atoms with E-state index < -0.39 is 16.0 Å². The molecule has 15 heavy (non-hydrogen) atoms. The van der Waals surface area contributed by atoms with E-state index in [2.05, 4.69) is 4.72 Å². The molecule has 0 radical (unpaired) electrons. The van der Waals surface area contributed by atoms with Crippen molar-refractivity contribution in [1.82, 2.24) is 4.72 Å². The molecule has 0 fully saturated rings. The minimum absolute atomic E-state index is 0.0299. The number of nitrogens with one attached hydrogen (secondary N) is 1. The van der Waals surface area contributed by atoms with Crippen molar-refractivity contribution in [2.24, 2.45) is 5.92 Å². The van der Waals surface area contributed by atoms with E-state index in [1.54, 1.807) is 0 Å². The molecule has 0 heterocycles. The Labute approximate surface area is 90.9 Å². The molecule has 6 heteroatoms. The van der Waals surface area contributed by atoms with Crippen LogP contribution in [0.5, 0.6) is 0 Å². The van der Waals surface area contributed by atoms with Gasteiger partial charge in [0.2, 0.25) is 10.0 Å². The Morgan fingerprint density at radius 2 is 1.87 bits per heavy atom. The zero-order valence-corrected chi connectivity index (χ0v) is 10.0. The second-order valence-electron chi connectivity index (χ2n) is 3.50. The Morgan fingerprint density at radius 1 is 1.33 bits per heavy atom. The van der Waals surface area contributed by atoms with E-state index in [1.165, 1.54) is 0 Å². The highest BCUT2D eigenvalue weighted by Crippen LogP contribution is 2.09. The van der Waals surface area contributed by atoms with Gasteiger partial charge in [0.15, 0.2) is 0 Å². The topological polar surface area (TPSA) is 83.5 Å². The van der Waals surface area contributed by atoms with Gasteiger partial charge in [0.25, 0.3) is 0 Å². The Kier molecular flexibility index (Phi) is 6.51. The first-order chi connectivity index (χ1) is 6.91. The normalized spacial score (nSPS) is 11.9. The maximum absolute atomic E-state index is 11.4. The summed E-state index contributed by atoms with van der Waals surface area (Å²) in [6.45, 7) is 3.86. The van der Waals surface area contributed by atoms with E-state index in [0.29, 0.717) is 0 Å². The lowest BCUT2D eigenvalue weighted by molar-refractivity contribution is -0.136. The minimum atomic E-state index is -3.31. The predicted octanol–water partition coefficient (Wildman–Crippen LogP) is 0.817. The molecular weight excluding hydrogens is 218 g/mol. The maximum Gasteiger partial charge on any atom is 0.304 e. The molecular formula is C9H19NO4S. The van der Waals surface area contributed by atoms with E-state index in [4.69, 9.17) is 5.11 Å². The summed E-state index contributed by atoms with van der Waals surface area (Å²) in [7, 11) is -3.31. The fraction of sp³-hybridized carbons (Fsp3) is 0.889. The molecule has 90 valence electrons. The summed E-state index contributed by atoms with van der Waals surface area (Å²) in [4.78, 5) is 10.2. The van der Waals surface area contributed by atoms with Gasteiger partial charge in [-0.15, -0.1) is 0 Å². The number of sulfonamides is 1. The molecule has 0 unspecified atom stereocenters. The highest BCUT2D eigenvalue weighted by atomic mass is 32.2. The molecule has 0 aromatic heterocycles. The van der Waals surface area contributed by atoms with Gasteiger partial charge in [-0.2, -0.15) is 0 Å². The zero-order chi connectivity index (χ0) is 11.9. The highest BCUT2D eigenvalue weighted by molar-refractivity contribution is 7.89. The molecule has 0 aromatic carbocycles. The molecule has 0 aliphatic rings. The number of aliphatic carboxylic acids is 1. The first-order valence-corrected chi connectivity index (χ1v) is 6.75. The van der Waals surface area contributed by atoms with Crippen LogP contribution in [0.4, 0.5) is 0 Å². The lowest BCUT2D eigenvalue weighted by atomic mass is 10.1. The molecule has 0 aliphatic heterocycles. The molecule has 0 rings (SSSR count). The summed E-state index contributed by atoms with van der Waals surface area (Å²) in [6, 6.07) is 0. The first-order valence-electron chi connectivity index (χ1n) is 5.10. The van der Waals surface area contributed by atoms with Crippen molar-refractivity contribution in [2.45, 2.75) is 33.1 Å². The summed E-state index contributed by atoms with van der Waals surface area (Å²) in [6.07, 6.45) is 1.45. The Bertz CT molecular complexity index is 282. The van der Waals surface area contributed by atoms with E-state index in [0.717, 1.165) is 12.8 Å². The standard InChI is InChI=1S/C9H19NO4S/c1-3-8(4-2)7-15(13,14)10-6-5-9(11)12/h8,10H,3-7H2,1-2H3,(H,11,12). The first kappa shape index (κ1) is 14.4. The van der Waals surface area contributed by atoms with E-state index in [9.17, 15) is 13.2 Å². The molecule has 0 aliphatic carbocycles. The van der Waals surface area contributed by atoms with Gasteiger partial charge in [0, 0.05) is 6.54 Å². The fourth-order valence-electron chi connectivity index (χ4n) is 1.21. The number of hydrogen-bond donors (Lipinski definition) is 2. The number of rotatable bonds is 8. The Hall–Kier alpha value is -0.620. The molecule has 0 aromatic rings. The lowest BCUT2D eigenvalue weighted by Crippen LogP contribution is -2.31. The Balaban J connectivity index is 4.02. The zero-order valence-electron chi connectivity index (χ0n) is 9.19. The minimum Gasteiger partial charge on any atom is -0.481 e. The molecule has 5 nitrogen and oxygen atoms in total. The third-order valence-electron chi connectivity index (χ3n) is 2.27. The Morgan fingerprint density at radius 3 is 2.27 bits per heavy atom. The van der Waals surface area contributed by atoms with Crippen LogP contribution in [0.1, 0.15) is 33.1 Å². The van der Waals surface area contributed by atoms with E-state index >= 15 is 0 Å². The summed E-state index contributed by atoms with van der Waals surface area (Å²) in [5, 5.41) is 8.35. The van der Waals surface area contributed by atoms with Crippen molar-refractivity contribution in [3.8, 4) is 0 Å². The molecule has 0 saturated carbocycles. The van der Waals surface area contributed by atoms with Crippen LogP contribution < -0.4 is 4.72 Å². The number of carbonyl (C=O) groups is 1. The van der Waals surface area contributed by atoms with Crippen molar-refractivity contribution >= 4 is 16.0 Å². The number of hydrogen-bond acceptors (Lipinski definition) is 3. The molecule has 0 spiro atoms. The highest BCUT2D eigenvalue weighted by Gasteiger charge is 2.16. The summed E-state index contributed by atoms with van der Waals surface area (Å²) in [5.74, 6) is -0.771. The number of carboxylic acids is 1. The quantitative estimate of drug-likeness (QED) is 0.654. The predicted molar refractivity (Wildman–Crippen MR) is 58.1 cm³/mol. The SMILES string of the molecule is CCC(CC)CS(=O)(=O)NCCC(=O)O. The second kappa shape index (κ2) is 6.79. The second-order valence-corrected chi connectivity index (χ2v) is 5.35. The molecule has 0 amide bonds. The third-order valence-corrected chi connectivity index (χ3v) is 3.82. The van der Waals surface area contributed by atoms with Crippen LogP contribution in [0.15, 0.2) is 0 Å². The van der Waals surface area contributed by atoms with Crippen LogP contribution in [0.25, 0.3) is 0 Å². The van der Waals surface area contributed by atoms with E-state index in [-0.39, 0.29) is 24.6 Å². The van der Waals surface area contributed by atoms with Gasteiger partial charge >= 0.3 is 5.97 Å². The van der Waals surface area contributed by atoms with Gasteiger partial charge in [-0.25, -0.2) is 13.1 Å². The van der Waals surface area contributed by atoms with Gasteiger partial charge < -0.3 is 5.11 Å². The van der Waals surface area contributed by atoms with Crippen LogP contribution in [0.2, 0.25) is 0 Å². The van der Waals surface area contributed by atoms with Gasteiger partial charge in [0.1, 0.15) is 0 Å². The molecule has 0 saturated heterocycles. The van der Waals surface area contributed by atoms with Gasteiger partial charge in [0.05, 0.1) is 12.2 Å². The number of carboxylic acid groups (broad SMARTS) is 1. The molecule has 2 N–H and O–H groups in total. The van der Waals surface area contributed by atoms with Crippen LogP contribution in [0.3, 0.4) is 0 Å². The van der Waals surface area contributed by atoms with Crippen molar-refractivity contribution in [1.29, 1.82) is 0 Å². The lowest BCUT2D eigenvalue weighted by Gasteiger charge is -2.12. The smallest absolute Gasteiger partial charge is 0.304 e. The van der Waals surface area contributed by atoms with E-state index in [1.807, 2.05) is 13.8 Å². The third kappa shape index (κ3) is 7.33. The van der Waals surface area contributed by atoms with Gasteiger partial charge in [-0.05, 0) is 5.92 Å². The van der Waals surface area contributed by atoms with Crippen LogP contribution in [0, 0.1) is 5.92 Å². The van der Waals surface area contributed by atoms with Crippen LogP contribution in [-0.4, -0.2) is 31.8 Å². The monoisotopic (exact) mass is 237 g/mol. The average Bonchev–Trinajstić information content (AvgIpc) is 2.13. The fourth-order valence-corrected chi connectivity index (χ4v) is 2.83. The summed E-state index contributed by atoms with van der Waals surface area (Å²) < 4.78 is 25.2. The average molecular weight is 237 g/mol. The van der Waals surface area contributed by atoms with Crippen molar-refractivity contribution < 1.29 is 18.3 Å². The van der Waals surface area contributed by atoms with Crippen molar-refractivity contribution in [3.63, 3.8) is 0 Å². The van der Waals surface area contributed by atoms with Crippen LogP contribution in [-0.2, 0) is 14.8 Å². The molecule has 0 bridgehead atoms. The van der Waals surface area contributed by atoms with Crippen molar-refractivity contribution in [2.75, 3.05) is 12.3 Å². The largest absolute Gasteiger partial charge is 0.481 e. The summed E-state index contributed by atoms with van der Waals surface area (Å²) >= 11 is 0. The summed E-state index contributed by atoms with van der Waals surface area (Å²) in [5.41, 5.74) is 0. The van der Waals surface area contributed by atoms with Gasteiger partial charge in [-0.1, -0.05) is 26.7 Å². The molecule has 0 atom stereocenters.